The molecule has 0 unspecified atom stereocenters. The first-order valence-corrected chi connectivity index (χ1v) is 14.8. The van der Waals surface area contributed by atoms with Crippen LogP contribution < -0.4 is 25.6 Å². The van der Waals surface area contributed by atoms with Gasteiger partial charge in [0.2, 0.25) is 5.95 Å². The molecule has 1 aliphatic rings. The molecule has 3 amide bonds. The highest BCUT2D eigenvalue weighted by molar-refractivity contribution is 7.13. The molecule has 2 aromatic heterocycles. The SMILES string of the molecule is COc1ccccc1CCNc1nc(-c2cc(C(=O)Nc3nccs3)ccc2C)c2c(n1)N(c1c(F)cccc1F)C(=O)NC2. The van der Waals surface area contributed by atoms with E-state index in [1.165, 1.54) is 17.4 Å². The number of nitrogens with one attached hydrogen (secondary N) is 3. The zero-order chi connectivity index (χ0) is 31.5. The highest BCUT2D eigenvalue weighted by Crippen LogP contribution is 2.39. The second-order valence-electron chi connectivity index (χ2n) is 10.1. The Labute approximate surface area is 261 Å². The van der Waals surface area contributed by atoms with Crippen molar-refractivity contribution >= 4 is 45.9 Å². The number of rotatable bonds is 9. The second kappa shape index (κ2) is 12.7. The number of benzene rings is 3. The summed E-state index contributed by atoms with van der Waals surface area (Å²) in [6.07, 6.45) is 2.15. The topological polar surface area (TPSA) is 121 Å². The minimum absolute atomic E-state index is 0.00740. The molecule has 10 nitrogen and oxygen atoms in total. The standard InChI is InChI=1S/C32H27F2N7O3S/c1-18-10-11-20(29(42)40-31-36-14-15-45-31)16-21(18)26-22-17-37-32(43)41(27-23(33)7-5-8-24(27)34)28(22)39-30(38-26)35-13-12-19-6-3-4-9-25(19)44-2/h3-11,14-16H,12-13,17H2,1-2H3,(H,37,43)(H,35,38,39)(H,36,40,42). The smallest absolute Gasteiger partial charge is 0.328 e. The van der Waals surface area contributed by atoms with Crippen LogP contribution >= 0.6 is 11.3 Å². The van der Waals surface area contributed by atoms with Gasteiger partial charge in [0.1, 0.15) is 23.1 Å². The van der Waals surface area contributed by atoms with Gasteiger partial charge in [-0.3, -0.25) is 10.1 Å². The van der Waals surface area contributed by atoms with Gasteiger partial charge in [-0.05, 0) is 54.8 Å². The third kappa shape index (κ3) is 6.02. The number of hydrogen-bond donors (Lipinski definition) is 3. The lowest BCUT2D eigenvalue weighted by Crippen LogP contribution is -2.43. The molecule has 0 aliphatic carbocycles. The number of amides is 3. The van der Waals surface area contributed by atoms with Crippen molar-refractivity contribution in [2.75, 3.05) is 29.2 Å². The summed E-state index contributed by atoms with van der Waals surface area (Å²) in [5.74, 6) is -1.35. The largest absolute Gasteiger partial charge is 0.496 e. The number of para-hydroxylation sites is 2. The van der Waals surface area contributed by atoms with Gasteiger partial charge in [0.25, 0.3) is 5.91 Å². The van der Waals surface area contributed by atoms with Crippen LogP contribution in [0.2, 0.25) is 0 Å². The van der Waals surface area contributed by atoms with Crippen LogP contribution in [0.4, 0.5) is 36.2 Å². The average molecular weight is 628 g/mol. The molecule has 6 rings (SSSR count). The molecule has 0 atom stereocenters. The van der Waals surface area contributed by atoms with Crippen molar-refractivity contribution < 1.29 is 23.1 Å². The van der Waals surface area contributed by atoms with E-state index in [1.807, 2.05) is 31.2 Å². The van der Waals surface area contributed by atoms with Gasteiger partial charge in [0.15, 0.2) is 10.9 Å². The molecule has 1 aliphatic heterocycles. The zero-order valence-electron chi connectivity index (χ0n) is 24.2. The summed E-state index contributed by atoms with van der Waals surface area (Å²) in [4.78, 5) is 40.7. The summed E-state index contributed by atoms with van der Waals surface area (Å²) >= 11 is 1.29. The van der Waals surface area contributed by atoms with E-state index in [2.05, 4.69) is 25.9 Å². The van der Waals surface area contributed by atoms with E-state index < -0.39 is 23.4 Å². The Kier molecular flexibility index (Phi) is 8.34. The minimum Gasteiger partial charge on any atom is -0.496 e. The molecule has 0 bridgehead atoms. The van der Waals surface area contributed by atoms with Gasteiger partial charge in [0.05, 0.1) is 19.3 Å². The van der Waals surface area contributed by atoms with E-state index in [4.69, 9.17) is 9.72 Å². The molecular formula is C32H27F2N7O3S. The molecule has 5 aromatic rings. The molecule has 13 heteroatoms. The predicted molar refractivity (Wildman–Crippen MR) is 168 cm³/mol. The molecular weight excluding hydrogens is 600 g/mol. The van der Waals surface area contributed by atoms with Crippen molar-refractivity contribution in [2.24, 2.45) is 0 Å². The second-order valence-corrected chi connectivity index (χ2v) is 11.0. The van der Waals surface area contributed by atoms with E-state index in [0.29, 0.717) is 40.5 Å². The van der Waals surface area contributed by atoms with Gasteiger partial charge in [-0.1, -0.05) is 30.3 Å². The van der Waals surface area contributed by atoms with Gasteiger partial charge in [-0.15, -0.1) is 11.3 Å². The Morgan fingerprint density at radius 2 is 1.89 bits per heavy atom. The third-order valence-electron chi connectivity index (χ3n) is 7.26. The molecule has 3 heterocycles. The van der Waals surface area contributed by atoms with E-state index in [0.717, 1.165) is 33.9 Å². The fourth-order valence-corrected chi connectivity index (χ4v) is 5.59. The third-order valence-corrected chi connectivity index (χ3v) is 7.94. The Morgan fingerprint density at radius 1 is 1.09 bits per heavy atom. The molecule has 0 spiro atoms. The number of hydrogen-bond acceptors (Lipinski definition) is 8. The van der Waals surface area contributed by atoms with Crippen molar-refractivity contribution in [3.8, 4) is 17.0 Å². The summed E-state index contributed by atoms with van der Waals surface area (Å²) in [7, 11) is 1.60. The Hall–Kier alpha value is -5.43. The normalized spacial score (nSPS) is 12.4. The summed E-state index contributed by atoms with van der Waals surface area (Å²) in [6.45, 7) is 2.23. The number of carbonyl (C=O) groups is 2. The number of carbonyl (C=O) groups excluding carboxylic acids is 2. The van der Waals surface area contributed by atoms with Gasteiger partial charge < -0.3 is 15.4 Å². The summed E-state index contributed by atoms with van der Waals surface area (Å²) in [6, 6.07) is 15.4. The van der Waals surface area contributed by atoms with Gasteiger partial charge in [-0.2, -0.15) is 4.98 Å². The fourth-order valence-electron chi connectivity index (χ4n) is 5.06. The van der Waals surface area contributed by atoms with Crippen LogP contribution in [0.1, 0.15) is 27.0 Å². The zero-order valence-corrected chi connectivity index (χ0v) is 25.0. The van der Waals surface area contributed by atoms with Crippen LogP contribution in [-0.2, 0) is 13.0 Å². The van der Waals surface area contributed by atoms with Crippen LogP contribution in [0.15, 0.2) is 72.2 Å². The Morgan fingerprint density at radius 3 is 2.64 bits per heavy atom. The van der Waals surface area contributed by atoms with Crippen LogP contribution in [-0.4, -0.2) is 40.5 Å². The molecule has 0 radical (unpaired) electrons. The van der Waals surface area contributed by atoms with E-state index in [1.54, 1.807) is 36.9 Å². The minimum atomic E-state index is -0.930. The van der Waals surface area contributed by atoms with E-state index in [9.17, 15) is 9.59 Å². The van der Waals surface area contributed by atoms with Gasteiger partial charge >= 0.3 is 6.03 Å². The van der Waals surface area contributed by atoms with Crippen LogP contribution in [0.3, 0.4) is 0 Å². The predicted octanol–water partition coefficient (Wildman–Crippen LogP) is 6.46. The van der Waals surface area contributed by atoms with Crippen LogP contribution in [0.25, 0.3) is 11.3 Å². The number of urea groups is 1. The number of fused-ring (bicyclic) bond motifs is 1. The lowest BCUT2D eigenvalue weighted by atomic mass is 9.97. The molecule has 45 heavy (non-hydrogen) atoms. The van der Waals surface area contributed by atoms with Crippen LogP contribution in [0.5, 0.6) is 5.75 Å². The Balaban J connectivity index is 1.45. The molecule has 0 fully saturated rings. The van der Waals surface area contributed by atoms with Gasteiger partial charge in [-0.25, -0.2) is 28.4 Å². The summed E-state index contributed by atoms with van der Waals surface area (Å²) in [5, 5.41) is 10.9. The van der Waals surface area contributed by atoms with Crippen molar-refractivity contribution in [3.05, 3.63) is 106 Å². The lowest BCUT2D eigenvalue weighted by Gasteiger charge is -2.31. The highest BCUT2D eigenvalue weighted by Gasteiger charge is 2.34. The molecule has 228 valence electrons. The monoisotopic (exact) mass is 627 g/mol. The first-order valence-electron chi connectivity index (χ1n) is 13.9. The number of methoxy groups -OCH3 is 1. The van der Waals surface area contributed by atoms with Crippen molar-refractivity contribution in [3.63, 3.8) is 0 Å². The fraction of sp³-hybridized carbons (Fsp3) is 0.156. The number of ether oxygens (including phenoxy) is 1. The van der Waals surface area contributed by atoms with E-state index in [-0.39, 0.29) is 24.2 Å². The van der Waals surface area contributed by atoms with E-state index >= 15 is 8.78 Å². The van der Waals surface area contributed by atoms with Gasteiger partial charge in [0, 0.05) is 34.8 Å². The Bertz CT molecular complexity index is 1880. The number of halogens is 2. The quantitative estimate of drug-likeness (QED) is 0.171. The maximum atomic E-state index is 15.1. The number of nitrogens with zero attached hydrogens (tertiary/aromatic N) is 4. The number of thiazole rings is 1. The molecule has 3 N–H and O–H groups in total. The highest BCUT2D eigenvalue weighted by atomic mass is 32.1. The number of anilines is 4. The van der Waals surface area contributed by atoms with Crippen molar-refractivity contribution in [1.29, 1.82) is 0 Å². The number of aromatic nitrogens is 3. The maximum absolute atomic E-state index is 15.1. The van der Waals surface area contributed by atoms with Crippen LogP contribution in [0, 0.1) is 18.6 Å². The van der Waals surface area contributed by atoms with Crippen molar-refractivity contribution in [2.45, 2.75) is 19.9 Å². The first kappa shape index (κ1) is 29.6. The molecule has 0 saturated heterocycles. The summed E-state index contributed by atoms with van der Waals surface area (Å²) < 4.78 is 35.6. The maximum Gasteiger partial charge on any atom is 0.328 e. The lowest BCUT2D eigenvalue weighted by molar-refractivity contribution is 0.102. The first-order chi connectivity index (χ1) is 21.8. The number of aryl methyl sites for hydroxylation is 1. The molecule has 3 aromatic carbocycles. The average Bonchev–Trinajstić information content (AvgIpc) is 3.55. The molecule has 0 saturated carbocycles. The van der Waals surface area contributed by atoms with Crippen molar-refractivity contribution in [1.82, 2.24) is 20.3 Å². The summed E-state index contributed by atoms with van der Waals surface area (Å²) in [5.41, 5.74) is 2.92.